The van der Waals surface area contributed by atoms with Crippen LogP contribution in [-0.2, 0) is 15.6 Å². The Hall–Kier alpha value is -3.86. The zero-order valence-corrected chi connectivity index (χ0v) is 25.8. The van der Waals surface area contributed by atoms with Crippen LogP contribution in [0.4, 0.5) is 5.69 Å². The molecule has 4 rings (SSSR count). The Balaban J connectivity index is 1.63. The molecule has 0 aliphatic heterocycles. The lowest BCUT2D eigenvalue weighted by atomic mass is 9.76. The van der Waals surface area contributed by atoms with Gasteiger partial charge in [0.05, 0.1) is 17.6 Å². The molecular weight excluding hydrogens is 506 g/mol. The molecule has 5 nitrogen and oxygen atoms in total. The highest BCUT2D eigenvalue weighted by molar-refractivity contribution is 5.98. The molecule has 3 aromatic carbocycles. The SMILES string of the molecule is CCC(C)(C)c1ccc(OC(C(=O)Nc2ccccc2-c2ncc(-c3ccccc3)[nH]2)C(C)C)c(C(C)(C)CC)c1. The molecule has 2 N–H and O–H groups in total. The quantitative estimate of drug-likeness (QED) is 0.195. The highest BCUT2D eigenvalue weighted by atomic mass is 16.5. The predicted molar refractivity (Wildman–Crippen MR) is 170 cm³/mol. The van der Waals surface area contributed by atoms with Crippen molar-refractivity contribution in [3.63, 3.8) is 0 Å². The van der Waals surface area contributed by atoms with Gasteiger partial charge in [0.25, 0.3) is 5.91 Å². The van der Waals surface area contributed by atoms with E-state index >= 15 is 0 Å². The number of aromatic nitrogens is 2. The average Bonchev–Trinajstić information content (AvgIpc) is 3.46. The second kappa shape index (κ2) is 12.3. The van der Waals surface area contributed by atoms with Crippen LogP contribution in [0.2, 0.25) is 0 Å². The molecule has 1 heterocycles. The minimum Gasteiger partial charge on any atom is -0.480 e. The van der Waals surface area contributed by atoms with E-state index in [0.717, 1.165) is 41.0 Å². The van der Waals surface area contributed by atoms with Gasteiger partial charge in [-0.05, 0) is 58.9 Å². The molecule has 0 saturated heterocycles. The minimum absolute atomic E-state index is 0.0418. The number of hydrogen-bond donors (Lipinski definition) is 2. The van der Waals surface area contributed by atoms with E-state index < -0.39 is 6.10 Å². The fraction of sp³-hybridized carbons (Fsp3) is 0.389. The van der Waals surface area contributed by atoms with Crippen molar-refractivity contribution in [3.05, 3.63) is 90.1 Å². The lowest BCUT2D eigenvalue weighted by molar-refractivity contribution is -0.124. The first-order valence-electron chi connectivity index (χ1n) is 14.8. The summed E-state index contributed by atoms with van der Waals surface area (Å²) in [4.78, 5) is 21.8. The highest BCUT2D eigenvalue weighted by Gasteiger charge is 2.31. The van der Waals surface area contributed by atoms with Gasteiger partial charge in [-0.1, -0.05) is 110 Å². The van der Waals surface area contributed by atoms with Crippen LogP contribution in [0.5, 0.6) is 5.75 Å². The Morgan fingerprint density at radius 3 is 2.22 bits per heavy atom. The smallest absolute Gasteiger partial charge is 0.265 e. The van der Waals surface area contributed by atoms with E-state index in [1.807, 2.05) is 74.6 Å². The molecule has 4 aromatic rings. The summed E-state index contributed by atoms with van der Waals surface area (Å²) in [5.74, 6) is 1.25. The molecule has 0 aliphatic rings. The van der Waals surface area contributed by atoms with Gasteiger partial charge in [-0.3, -0.25) is 4.79 Å². The molecule has 41 heavy (non-hydrogen) atoms. The molecule has 1 aromatic heterocycles. The van der Waals surface area contributed by atoms with Crippen molar-refractivity contribution < 1.29 is 9.53 Å². The number of aromatic amines is 1. The number of para-hydroxylation sites is 1. The summed E-state index contributed by atoms with van der Waals surface area (Å²) < 4.78 is 6.60. The number of carbonyl (C=O) groups excluding carboxylic acids is 1. The summed E-state index contributed by atoms with van der Waals surface area (Å²) in [5, 5.41) is 3.15. The average molecular weight is 552 g/mol. The van der Waals surface area contributed by atoms with Gasteiger partial charge in [-0.25, -0.2) is 4.98 Å². The Morgan fingerprint density at radius 1 is 0.902 bits per heavy atom. The van der Waals surface area contributed by atoms with Crippen LogP contribution in [0.3, 0.4) is 0 Å². The van der Waals surface area contributed by atoms with Crippen molar-refractivity contribution in [2.75, 3.05) is 5.32 Å². The van der Waals surface area contributed by atoms with Gasteiger partial charge in [0, 0.05) is 11.1 Å². The van der Waals surface area contributed by atoms with Crippen molar-refractivity contribution in [2.24, 2.45) is 5.92 Å². The highest BCUT2D eigenvalue weighted by Crippen LogP contribution is 2.39. The van der Waals surface area contributed by atoms with Crippen molar-refractivity contribution in [1.29, 1.82) is 0 Å². The number of imidazole rings is 1. The summed E-state index contributed by atoms with van der Waals surface area (Å²) in [7, 11) is 0. The number of anilines is 1. The zero-order valence-electron chi connectivity index (χ0n) is 25.8. The lowest BCUT2D eigenvalue weighted by Crippen LogP contribution is -2.38. The van der Waals surface area contributed by atoms with Crippen molar-refractivity contribution >= 4 is 11.6 Å². The Bertz CT molecular complexity index is 1470. The number of ether oxygens (including phenoxy) is 1. The van der Waals surface area contributed by atoms with Gasteiger partial charge in [0.2, 0.25) is 0 Å². The molecule has 1 unspecified atom stereocenters. The zero-order chi connectivity index (χ0) is 29.8. The fourth-order valence-electron chi connectivity index (χ4n) is 4.83. The van der Waals surface area contributed by atoms with Gasteiger partial charge >= 0.3 is 0 Å². The molecule has 0 spiro atoms. The van der Waals surface area contributed by atoms with E-state index in [0.29, 0.717) is 11.5 Å². The third kappa shape index (κ3) is 6.73. The summed E-state index contributed by atoms with van der Waals surface area (Å²) >= 11 is 0. The van der Waals surface area contributed by atoms with Crippen LogP contribution in [0, 0.1) is 5.92 Å². The fourth-order valence-corrected chi connectivity index (χ4v) is 4.83. The van der Waals surface area contributed by atoms with Gasteiger partial charge < -0.3 is 15.0 Å². The molecule has 5 heteroatoms. The van der Waals surface area contributed by atoms with Gasteiger partial charge in [-0.15, -0.1) is 0 Å². The van der Waals surface area contributed by atoms with Crippen LogP contribution >= 0.6 is 0 Å². The third-order valence-corrected chi connectivity index (χ3v) is 8.48. The molecule has 1 atom stereocenters. The van der Waals surface area contributed by atoms with Gasteiger partial charge in [-0.2, -0.15) is 0 Å². The standard InChI is InChI=1S/C36H45N3O2/c1-9-35(5,6)26-20-21-31(28(22-26)36(7,8)10-2)41-32(24(3)4)34(40)39-29-19-15-14-18-27(29)33-37-23-30(38-33)25-16-12-11-13-17-25/h11-24,32H,9-10H2,1-8H3,(H,37,38)(H,39,40). The lowest BCUT2D eigenvalue weighted by Gasteiger charge is -2.32. The number of hydrogen-bond acceptors (Lipinski definition) is 3. The van der Waals surface area contributed by atoms with E-state index in [1.165, 1.54) is 5.56 Å². The number of nitrogens with zero attached hydrogens (tertiary/aromatic N) is 1. The number of H-pyrrole nitrogens is 1. The first-order chi connectivity index (χ1) is 19.5. The molecule has 0 aliphatic carbocycles. The van der Waals surface area contributed by atoms with E-state index in [2.05, 4.69) is 75.0 Å². The Labute approximate surface area is 245 Å². The molecule has 0 fully saturated rings. The van der Waals surface area contributed by atoms with E-state index in [9.17, 15) is 4.79 Å². The second-order valence-electron chi connectivity index (χ2n) is 12.5. The van der Waals surface area contributed by atoms with E-state index in [-0.39, 0.29) is 22.7 Å². The van der Waals surface area contributed by atoms with Crippen LogP contribution < -0.4 is 10.1 Å². The van der Waals surface area contributed by atoms with Crippen molar-refractivity contribution in [2.45, 2.75) is 85.2 Å². The topological polar surface area (TPSA) is 67.0 Å². The molecule has 0 saturated carbocycles. The Morgan fingerprint density at radius 2 is 1.56 bits per heavy atom. The van der Waals surface area contributed by atoms with Crippen LogP contribution in [0.15, 0.2) is 79.0 Å². The maximum Gasteiger partial charge on any atom is 0.265 e. The van der Waals surface area contributed by atoms with Gasteiger partial charge in [0.15, 0.2) is 6.10 Å². The summed E-state index contributed by atoms with van der Waals surface area (Å²) in [6.45, 7) is 17.5. The number of carbonyl (C=O) groups is 1. The second-order valence-corrected chi connectivity index (χ2v) is 12.5. The normalized spacial score (nSPS) is 12.8. The van der Waals surface area contributed by atoms with E-state index in [1.54, 1.807) is 0 Å². The number of nitrogens with one attached hydrogen (secondary N) is 2. The van der Waals surface area contributed by atoms with Crippen LogP contribution in [-0.4, -0.2) is 22.0 Å². The predicted octanol–water partition coefficient (Wildman–Crippen LogP) is 9.16. The van der Waals surface area contributed by atoms with Crippen LogP contribution in [0.25, 0.3) is 22.6 Å². The first-order valence-corrected chi connectivity index (χ1v) is 14.8. The molecular formula is C36H45N3O2. The van der Waals surface area contributed by atoms with Crippen LogP contribution in [0.1, 0.15) is 79.4 Å². The maximum absolute atomic E-state index is 13.8. The summed E-state index contributed by atoms with van der Waals surface area (Å²) in [5.41, 5.74) is 5.88. The molecule has 0 radical (unpaired) electrons. The Kier molecular flexibility index (Phi) is 9.06. The third-order valence-electron chi connectivity index (χ3n) is 8.48. The summed E-state index contributed by atoms with van der Waals surface area (Å²) in [6, 6.07) is 24.3. The summed E-state index contributed by atoms with van der Waals surface area (Å²) in [6.07, 6.45) is 3.15. The molecule has 0 bridgehead atoms. The number of rotatable bonds is 11. The maximum atomic E-state index is 13.8. The van der Waals surface area contributed by atoms with E-state index in [4.69, 9.17) is 4.74 Å². The molecule has 1 amide bonds. The molecule has 216 valence electrons. The monoisotopic (exact) mass is 551 g/mol. The van der Waals surface area contributed by atoms with Gasteiger partial charge in [0.1, 0.15) is 11.6 Å². The number of amides is 1. The number of benzene rings is 3. The minimum atomic E-state index is -0.670. The van der Waals surface area contributed by atoms with Crippen molar-refractivity contribution in [3.8, 4) is 28.4 Å². The first kappa shape index (κ1) is 30.1. The van der Waals surface area contributed by atoms with Crippen molar-refractivity contribution in [1.82, 2.24) is 9.97 Å². The largest absolute Gasteiger partial charge is 0.480 e.